The van der Waals surface area contributed by atoms with Crippen molar-refractivity contribution in [1.82, 2.24) is 9.97 Å². The molecule has 114 valence electrons. The van der Waals surface area contributed by atoms with Crippen LogP contribution in [0.3, 0.4) is 0 Å². The maximum atomic E-state index is 6.15. The predicted octanol–water partition coefficient (Wildman–Crippen LogP) is 4.92. The molecule has 1 fully saturated rings. The molecule has 0 bridgehead atoms. The Labute approximate surface area is 135 Å². The van der Waals surface area contributed by atoms with Crippen molar-refractivity contribution in [2.45, 2.75) is 46.5 Å². The van der Waals surface area contributed by atoms with Gasteiger partial charge in [0.1, 0.15) is 10.6 Å². The van der Waals surface area contributed by atoms with Crippen LogP contribution in [0.15, 0.2) is 6.07 Å². The van der Waals surface area contributed by atoms with E-state index in [1.165, 1.54) is 29.5 Å². The highest BCUT2D eigenvalue weighted by atomic mass is 35.5. The van der Waals surface area contributed by atoms with E-state index in [-0.39, 0.29) is 0 Å². The first-order valence-electron chi connectivity index (χ1n) is 7.81. The van der Waals surface area contributed by atoms with Gasteiger partial charge in [-0.15, -0.1) is 11.3 Å². The molecule has 1 saturated heterocycles. The highest BCUT2D eigenvalue weighted by molar-refractivity contribution is 7.18. The van der Waals surface area contributed by atoms with Crippen LogP contribution in [-0.2, 0) is 6.42 Å². The van der Waals surface area contributed by atoms with Crippen molar-refractivity contribution in [3.05, 3.63) is 16.2 Å². The lowest BCUT2D eigenvalue weighted by Gasteiger charge is -2.27. The molecule has 3 nitrogen and oxygen atoms in total. The van der Waals surface area contributed by atoms with Crippen LogP contribution in [0.4, 0.5) is 5.82 Å². The Hall–Kier alpha value is -0.870. The minimum absolute atomic E-state index is 0.368. The molecule has 0 unspecified atom stereocenters. The summed E-state index contributed by atoms with van der Waals surface area (Å²) in [5.41, 5.74) is 0.438. The molecule has 3 rings (SSSR count). The van der Waals surface area contributed by atoms with Gasteiger partial charge in [0.05, 0.1) is 5.39 Å². The SMILES string of the molecule is CCc1cc2c(N3CCC(CC)(CC)C3)nc(Cl)nc2s1. The number of aryl methyl sites for hydroxylation is 1. The fourth-order valence-corrected chi connectivity index (χ4v) is 4.47. The van der Waals surface area contributed by atoms with Gasteiger partial charge >= 0.3 is 0 Å². The largest absolute Gasteiger partial charge is 0.355 e. The summed E-state index contributed by atoms with van der Waals surface area (Å²) in [7, 11) is 0. The van der Waals surface area contributed by atoms with Crippen LogP contribution in [0, 0.1) is 5.41 Å². The van der Waals surface area contributed by atoms with Crippen LogP contribution >= 0.6 is 22.9 Å². The maximum Gasteiger partial charge on any atom is 0.225 e. The number of rotatable bonds is 4. The number of halogens is 1. The van der Waals surface area contributed by atoms with Crippen LogP contribution in [0.5, 0.6) is 0 Å². The predicted molar refractivity (Wildman–Crippen MR) is 91.6 cm³/mol. The first kappa shape index (κ1) is 15.0. The third-order valence-electron chi connectivity index (χ3n) is 4.98. The Morgan fingerprint density at radius 2 is 2.05 bits per heavy atom. The molecular formula is C16H22ClN3S. The van der Waals surface area contributed by atoms with Crippen molar-refractivity contribution in [2.24, 2.45) is 5.41 Å². The highest BCUT2D eigenvalue weighted by Gasteiger charge is 2.36. The second-order valence-electron chi connectivity index (χ2n) is 5.98. The van der Waals surface area contributed by atoms with Crippen molar-refractivity contribution >= 4 is 39.0 Å². The van der Waals surface area contributed by atoms with E-state index in [1.807, 2.05) is 0 Å². The van der Waals surface area contributed by atoms with Crippen LogP contribution in [0.25, 0.3) is 10.2 Å². The van der Waals surface area contributed by atoms with Gasteiger partial charge in [-0.05, 0) is 48.8 Å². The molecule has 5 heteroatoms. The second kappa shape index (κ2) is 5.73. The van der Waals surface area contributed by atoms with Crippen LogP contribution in [0.1, 0.15) is 44.9 Å². The molecule has 0 N–H and O–H groups in total. The Morgan fingerprint density at radius 1 is 1.29 bits per heavy atom. The Bertz CT molecular complexity index is 648. The lowest BCUT2D eigenvalue weighted by Crippen LogP contribution is -2.26. The summed E-state index contributed by atoms with van der Waals surface area (Å²) in [5.74, 6) is 1.03. The lowest BCUT2D eigenvalue weighted by molar-refractivity contribution is 0.301. The number of thiophene rings is 1. The van der Waals surface area contributed by atoms with Gasteiger partial charge in [0.15, 0.2) is 0 Å². The third-order valence-corrected chi connectivity index (χ3v) is 6.32. The smallest absolute Gasteiger partial charge is 0.225 e. The standard InChI is InChI=1S/C16H22ClN3S/c1-4-11-9-12-13(18-15(17)19-14(12)21-11)20-8-7-16(5-2,6-3)10-20/h9H,4-8,10H2,1-3H3. The lowest BCUT2D eigenvalue weighted by atomic mass is 9.82. The number of hydrogen-bond acceptors (Lipinski definition) is 4. The summed E-state index contributed by atoms with van der Waals surface area (Å²) in [6, 6.07) is 2.24. The van der Waals surface area contributed by atoms with Gasteiger partial charge in [0, 0.05) is 18.0 Å². The summed E-state index contributed by atoms with van der Waals surface area (Å²) < 4.78 is 0. The Balaban J connectivity index is 2.02. The molecule has 0 aliphatic carbocycles. The minimum atomic E-state index is 0.368. The third kappa shape index (κ3) is 2.64. The summed E-state index contributed by atoms with van der Waals surface area (Å²) in [4.78, 5) is 13.7. The second-order valence-corrected chi connectivity index (χ2v) is 7.43. The van der Waals surface area contributed by atoms with E-state index in [1.54, 1.807) is 11.3 Å². The van der Waals surface area contributed by atoms with Crippen molar-refractivity contribution in [2.75, 3.05) is 18.0 Å². The molecule has 0 aromatic carbocycles. The molecule has 1 aliphatic heterocycles. The van der Waals surface area contributed by atoms with E-state index in [0.717, 1.165) is 30.2 Å². The van der Waals surface area contributed by atoms with E-state index in [9.17, 15) is 0 Å². The van der Waals surface area contributed by atoms with E-state index >= 15 is 0 Å². The van der Waals surface area contributed by atoms with Crippen molar-refractivity contribution in [3.63, 3.8) is 0 Å². The zero-order valence-electron chi connectivity index (χ0n) is 12.9. The highest BCUT2D eigenvalue weighted by Crippen LogP contribution is 2.41. The molecule has 0 spiro atoms. The van der Waals surface area contributed by atoms with E-state index in [2.05, 4.69) is 41.7 Å². The summed E-state index contributed by atoms with van der Waals surface area (Å²) in [6.07, 6.45) is 4.73. The number of hydrogen-bond donors (Lipinski definition) is 0. The molecular weight excluding hydrogens is 302 g/mol. The summed E-state index contributed by atoms with van der Waals surface area (Å²) in [6.45, 7) is 8.93. The average molecular weight is 324 g/mol. The molecule has 0 amide bonds. The number of aromatic nitrogens is 2. The molecule has 21 heavy (non-hydrogen) atoms. The van der Waals surface area contributed by atoms with E-state index < -0.39 is 0 Å². The van der Waals surface area contributed by atoms with Gasteiger partial charge in [-0.1, -0.05) is 20.8 Å². The summed E-state index contributed by atoms with van der Waals surface area (Å²) >= 11 is 7.88. The average Bonchev–Trinajstić information content (AvgIpc) is 3.10. The summed E-state index contributed by atoms with van der Waals surface area (Å²) in [5, 5.41) is 1.54. The van der Waals surface area contributed by atoms with Crippen LogP contribution in [0.2, 0.25) is 5.28 Å². The first-order valence-corrected chi connectivity index (χ1v) is 9.01. The Kier molecular flexibility index (Phi) is 4.10. The molecule has 2 aromatic heterocycles. The maximum absolute atomic E-state index is 6.15. The number of anilines is 1. The molecule has 0 atom stereocenters. The topological polar surface area (TPSA) is 29.0 Å². The molecule has 0 saturated carbocycles. The zero-order chi connectivity index (χ0) is 15.0. The zero-order valence-corrected chi connectivity index (χ0v) is 14.5. The van der Waals surface area contributed by atoms with Crippen LogP contribution < -0.4 is 4.90 Å². The van der Waals surface area contributed by atoms with Crippen molar-refractivity contribution in [3.8, 4) is 0 Å². The van der Waals surface area contributed by atoms with Crippen LogP contribution in [-0.4, -0.2) is 23.1 Å². The number of nitrogens with zero attached hydrogens (tertiary/aromatic N) is 3. The van der Waals surface area contributed by atoms with Crippen molar-refractivity contribution < 1.29 is 0 Å². The van der Waals surface area contributed by atoms with E-state index in [4.69, 9.17) is 11.6 Å². The van der Waals surface area contributed by atoms with Gasteiger partial charge in [-0.25, -0.2) is 4.98 Å². The van der Waals surface area contributed by atoms with Gasteiger partial charge in [-0.3, -0.25) is 0 Å². The van der Waals surface area contributed by atoms with E-state index in [0.29, 0.717) is 10.7 Å². The minimum Gasteiger partial charge on any atom is -0.355 e. The molecule has 0 radical (unpaired) electrons. The first-order chi connectivity index (χ1) is 10.1. The van der Waals surface area contributed by atoms with Gasteiger partial charge in [-0.2, -0.15) is 4.98 Å². The fourth-order valence-electron chi connectivity index (χ4n) is 3.29. The molecule has 3 heterocycles. The quantitative estimate of drug-likeness (QED) is 0.747. The Morgan fingerprint density at radius 3 is 2.67 bits per heavy atom. The van der Waals surface area contributed by atoms with Gasteiger partial charge in [0.25, 0.3) is 0 Å². The van der Waals surface area contributed by atoms with Gasteiger partial charge in [0.2, 0.25) is 5.28 Å². The number of fused-ring (bicyclic) bond motifs is 1. The monoisotopic (exact) mass is 323 g/mol. The molecule has 2 aromatic rings. The van der Waals surface area contributed by atoms with Gasteiger partial charge < -0.3 is 4.90 Å². The normalized spacial score (nSPS) is 17.8. The fraction of sp³-hybridized carbons (Fsp3) is 0.625. The van der Waals surface area contributed by atoms with Crippen molar-refractivity contribution in [1.29, 1.82) is 0 Å². The molecule has 1 aliphatic rings.